The minimum atomic E-state index is -1.79. The van der Waals surface area contributed by atoms with Gasteiger partial charge in [-0.15, -0.1) is 0 Å². The Labute approximate surface area is 131 Å². The van der Waals surface area contributed by atoms with E-state index in [1.54, 1.807) is 0 Å². The number of rotatable bonds is 4. The van der Waals surface area contributed by atoms with Crippen molar-refractivity contribution in [3.05, 3.63) is 60.7 Å². The molecule has 0 N–H and O–H groups in total. The molecule has 0 fully saturated rings. The molecule has 0 amide bonds. The highest BCUT2D eigenvalue weighted by atomic mass is 28.4. The summed E-state index contributed by atoms with van der Waals surface area (Å²) < 4.78 is 6.82. The zero-order valence-electron chi connectivity index (χ0n) is 13.7. The summed E-state index contributed by atoms with van der Waals surface area (Å²) in [7, 11) is -2.97. The van der Waals surface area contributed by atoms with E-state index in [1.807, 2.05) is 0 Å². The zero-order chi connectivity index (χ0) is 15.5. The number of benzene rings is 2. The van der Waals surface area contributed by atoms with Gasteiger partial charge in [0.1, 0.15) is 0 Å². The molecule has 0 bridgehead atoms. The third-order valence-electron chi connectivity index (χ3n) is 4.24. The molecule has 3 heteroatoms. The van der Waals surface area contributed by atoms with Crippen LogP contribution in [0.3, 0.4) is 0 Å². The first-order valence-corrected chi connectivity index (χ1v) is 11.8. The fourth-order valence-corrected chi connectivity index (χ4v) is 7.40. The third kappa shape index (κ3) is 3.93. The van der Waals surface area contributed by atoms with Gasteiger partial charge in [-0.1, -0.05) is 81.4 Å². The van der Waals surface area contributed by atoms with Crippen LogP contribution in [0.15, 0.2) is 60.7 Å². The molecule has 0 aliphatic heterocycles. The molecule has 2 aromatic carbocycles. The van der Waals surface area contributed by atoms with Crippen molar-refractivity contribution >= 4 is 27.7 Å². The van der Waals surface area contributed by atoms with E-state index >= 15 is 0 Å². The number of hydrogen-bond acceptors (Lipinski definition) is 1. The second kappa shape index (κ2) is 6.30. The maximum Gasteiger partial charge on any atom is 0.272 e. The molecule has 0 aliphatic rings. The van der Waals surface area contributed by atoms with Gasteiger partial charge >= 0.3 is 0 Å². The summed E-state index contributed by atoms with van der Waals surface area (Å²) in [6.45, 7) is 11.6. The topological polar surface area (TPSA) is 9.23 Å². The van der Waals surface area contributed by atoms with Gasteiger partial charge in [0.15, 0.2) is 8.32 Å². The van der Waals surface area contributed by atoms with Gasteiger partial charge in [-0.2, -0.15) is 0 Å². The average molecular weight is 314 g/mol. The van der Waals surface area contributed by atoms with Crippen LogP contribution < -0.4 is 10.4 Å². The molecule has 2 aromatic rings. The van der Waals surface area contributed by atoms with Crippen LogP contribution in [0, 0.1) is 0 Å². The second-order valence-electron chi connectivity index (χ2n) is 6.92. The summed E-state index contributed by atoms with van der Waals surface area (Å²) in [6.07, 6.45) is 0. The van der Waals surface area contributed by atoms with E-state index in [4.69, 9.17) is 4.12 Å². The van der Waals surface area contributed by atoms with E-state index in [1.165, 1.54) is 10.4 Å². The summed E-state index contributed by atoms with van der Waals surface area (Å²) in [4.78, 5) is 0. The Morgan fingerprint density at radius 3 is 1.48 bits per heavy atom. The van der Waals surface area contributed by atoms with Crippen LogP contribution in [0.4, 0.5) is 0 Å². The minimum absolute atomic E-state index is 0.229. The molecule has 0 saturated heterocycles. The van der Waals surface area contributed by atoms with Crippen molar-refractivity contribution < 1.29 is 4.12 Å². The fraction of sp³-hybridized carbons (Fsp3) is 0.333. The van der Waals surface area contributed by atoms with Gasteiger partial charge in [0.25, 0.3) is 9.04 Å². The smallest absolute Gasteiger partial charge is 0.272 e. The normalized spacial score (nSPS) is 12.7. The summed E-state index contributed by atoms with van der Waals surface area (Å²) in [5.41, 5.74) is 0. The molecule has 0 heterocycles. The van der Waals surface area contributed by atoms with E-state index in [9.17, 15) is 0 Å². The van der Waals surface area contributed by atoms with Crippen molar-refractivity contribution in [2.45, 2.75) is 38.9 Å². The lowest BCUT2D eigenvalue weighted by molar-refractivity contribution is 0.514. The van der Waals surface area contributed by atoms with Crippen LogP contribution in [-0.4, -0.2) is 17.4 Å². The van der Waals surface area contributed by atoms with E-state index < -0.39 is 17.4 Å². The fourth-order valence-electron chi connectivity index (χ4n) is 1.87. The van der Waals surface area contributed by atoms with Gasteiger partial charge in [0.05, 0.1) is 0 Å². The molecule has 21 heavy (non-hydrogen) atoms. The lowest BCUT2D eigenvalue weighted by Gasteiger charge is -2.39. The Morgan fingerprint density at radius 2 is 1.14 bits per heavy atom. The van der Waals surface area contributed by atoms with Crippen molar-refractivity contribution in [1.29, 1.82) is 0 Å². The largest absolute Gasteiger partial charge is 0.449 e. The molecule has 111 valence electrons. The molecule has 0 saturated carbocycles. The molecule has 0 unspecified atom stereocenters. The molecule has 1 radical (unpaired) electrons. The number of hydrogen-bond donors (Lipinski definition) is 0. The SMILES string of the molecule is CC(C)(C)[Si](C)(C)O[Si](c1ccccc1)c1ccccc1. The molecule has 0 atom stereocenters. The standard InChI is InChI=1S/C18H25OSi2/c1-18(2,3)21(4,5)19-20(16-12-8-6-9-13-16)17-14-10-7-11-15-17/h6-15H,1-5H3. The Bertz CT molecular complexity index is 519. The van der Waals surface area contributed by atoms with Crippen LogP contribution >= 0.6 is 0 Å². The van der Waals surface area contributed by atoms with Crippen molar-refractivity contribution in [3.63, 3.8) is 0 Å². The van der Waals surface area contributed by atoms with Crippen molar-refractivity contribution in [2.75, 3.05) is 0 Å². The average Bonchev–Trinajstić information content (AvgIpc) is 2.45. The Morgan fingerprint density at radius 1 is 0.762 bits per heavy atom. The van der Waals surface area contributed by atoms with Crippen LogP contribution in [0.1, 0.15) is 20.8 Å². The monoisotopic (exact) mass is 313 g/mol. The molecule has 0 aliphatic carbocycles. The molecule has 0 spiro atoms. The summed E-state index contributed by atoms with van der Waals surface area (Å²) in [5.74, 6) is 0. The van der Waals surface area contributed by atoms with Crippen molar-refractivity contribution in [2.24, 2.45) is 0 Å². The quantitative estimate of drug-likeness (QED) is 0.780. The van der Waals surface area contributed by atoms with E-state index in [0.717, 1.165) is 0 Å². The molecular weight excluding hydrogens is 288 g/mol. The zero-order valence-corrected chi connectivity index (χ0v) is 15.7. The maximum absolute atomic E-state index is 6.82. The van der Waals surface area contributed by atoms with E-state index in [-0.39, 0.29) is 5.04 Å². The lowest BCUT2D eigenvalue weighted by atomic mass is 10.2. The van der Waals surface area contributed by atoms with Gasteiger partial charge in [-0.3, -0.25) is 0 Å². The van der Waals surface area contributed by atoms with Crippen LogP contribution in [0.2, 0.25) is 18.1 Å². The highest BCUT2D eigenvalue weighted by Gasteiger charge is 2.40. The first-order chi connectivity index (χ1) is 9.81. The highest BCUT2D eigenvalue weighted by Crippen LogP contribution is 2.36. The van der Waals surface area contributed by atoms with Gasteiger partial charge < -0.3 is 4.12 Å². The van der Waals surface area contributed by atoms with Gasteiger partial charge in [0.2, 0.25) is 0 Å². The van der Waals surface area contributed by atoms with E-state index in [2.05, 4.69) is 94.5 Å². The van der Waals surface area contributed by atoms with Gasteiger partial charge in [-0.05, 0) is 28.5 Å². The molecule has 0 aromatic heterocycles. The summed E-state index contributed by atoms with van der Waals surface area (Å²) in [6, 6.07) is 21.4. The first kappa shape index (κ1) is 16.2. The van der Waals surface area contributed by atoms with Crippen molar-refractivity contribution in [1.82, 2.24) is 0 Å². The lowest BCUT2D eigenvalue weighted by Crippen LogP contribution is -2.54. The molecule has 2 rings (SSSR count). The third-order valence-corrected chi connectivity index (χ3v) is 12.4. The Kier molecular flexibility index (Phi) is 4.86. The predicted molar refractivity (Wildman–Crippen MR) is 96.2 cm³/mol. The van der Waals surface area contributed by atoms with Crippen LogP contribution in [0.5, 0.6) is 0 Å². The van der Waals surface area contributed by atoms with E-state index in [0.29, 0.717) is 0 Å². The van der Waals surface area contributed by atoms with Crippen molar-refractivity contribution in [3.8, 4) is 0 Å². The maximum atomic E-state index is 6.82. The van der Waals surface area contributed by atoms with Gasteiger partial charge in [-0.25, -0.2) is 0 Å². The first-order valence-electron chi connectivity index (χ1n) is 7.48. The Hall–Kier alpha value is -1.17. The molecular formula is C18H25OSi2. The summed E-state index contributed by atoms with van der Waals surface area (Å²) in [5, 5.41) is 2.89. The Balaban J connectivity index is 2.39. The molecule has 1 nitrogen and oxygen atoms in total. The highest BCUT2D eigenvalue weighted by molar-refractivity contribution is 6.89. The van der Waals surface area contributed by atoms with Crippen LogP contribution in [-0.2, 0) is 4.12 Å². The van der Waals surface area contributed by atoms with Gasteiger partial charge in [0, 0.05) is 0 Å². The second-order valence-corrected chi connectivity index (χ2v) is 14.1. The van der Waals surface area contributed by atoms with Crippen LogP contribution in [0.25, 0.3) is 0 Å². The minimum Gasteiger partial charge on any atom is -0.449 e. The predicted octanol–water partition coefficient (Wildman–Crippen LogP) is 3.81. The summed E-state index contributed by atoms with van der Waals surface area (Å²) >= 11 is 0.